The normalized spacial score (nSPS) is 21.7. The van der Waals surface area contributed by atoms with Gasteiger partial charge in [0.1, 0.15) is 17.6 Å². The van der Waals surface area contributed by atoms with Crippen molar-refractivity contribution >= 4 is 17.4 Å². The molecule has 1 aliphatic heterocycles. The van der Waals surface area contributed by atoms with E-state index < -0.39 is 10.8 Å². The molecule has 0 saturated carbocycles. The minimum absolute atomic E-state index is 0.0518. The zero-order valence-corrected chi connectivity index (χ0v) is 11.3. The molecule has 2 rings (SSSR count). The second-order valence-electron chi connectivity index (χ2n) is 4.73. The zero-order chi connectivity index (χ0) is 14.9. The van der Waals surface area contributed by atoms with Crippen LogP contribution in [-0.4, -0.2) is 46.5 Å². The van der Waals surface area contributed by atoms with E-state index >= 15 is 0 Å². The SMILES string of the molecule is CC1OCCC1N(C)C(=O)c1cc(N)ncc1[N+](=O)[O-]. The summed E-state index contributed by atoms with van der Waals surface area (Å²) in [4.78, 5) is 27.9. The second-order valence-corrected chi connectivity index (χ2v) is 4.73. The number of aromatic nitrogens is 1. The summed E-state index contributed by atoms with van der Waals surface area (Å²) in [5, 5.41) is 11.0. The Morgan fingerprint density at radius 1 is 1.65 bits per heavy atom. The minimum Gasteiger partial charge on any atom is -0.384 e. The van der Waals surface area contributed by atoms with Crippen LogP contribution in [0.15, 0.2) is 12.3 Å². The summed E-state index contributed by atoms with van der Waals surface area (Å²) in [5.41, 5.74) is 5.12. The van der Waals surface area contributed by atoms with Gasteiger partial charge in [-0.1, -0.05) is 0 Å². The van der Waals surface area contributed by atoms with E-state index in [2.05, 4.69) is 4.98 Å². The third-order valence-corrected chi connectivity index (χ3v) is 3.49. The molecule has 8 heteroatoms. The van der Waals surface area contributed by atoms with Crippen molar-refractivity contribution in [3.05, 3.63) is 27.9 Å². The summed E-state index contributed by atoms with van der Waals surface area (Å²) in [6, 6.07) is 1.13. The Balaban J connectivity index is 2.33. The highest BCUT2D eigenvalue weighted by Crippen LogP contribution is 2.24. The molecule has 1 aromatic heterocycles. The summed E-state index contributed by atoms with van der Waals surface area (Å²) in [6.45, 7) is 2.45. The quantitative estimate of drug-likeness (QED) is 0.648. The fourth-order valence-corrected chi connectivity index (χ4v) is 2.35. The average molecular weight is 280 g/mol. The van der Waals surface area contributed by atoms with Crippen LogP contribution in [0.5, 0.6) is 0 Å². The van der Waals surface area contributed by atoms with Gasteiger partial charge >= 0.3 is 0 Å². The number of hydrogen-bond acceptors (Lipinski definition) is 6. The van der Waals surface area contributed by atoms with Crippen LogP contribution in [0, 0.1) is 10.1 Å². The van der Waals surface area contributed by atoms with Crippen molar-refractivity contribution in [1.82, 2.24) is 9.88 Å². The summed E-state index contributed by atoms with van der Waals surface area (Å²) in [5.74, 6) is -0.378. The summed E-state index contributed by atoms with van der Waals surface area (Å²) < 4.78 is 5.41. The van der Waals surface area contributed by atoms with E-state index in [1.165, 1.54) is 11.0 Å². The largest absolute Gasteiger partial charge is 0.384 e. The monoisotopic (exact) mass is 280 g/mol. The Morgan fingerprint density at radius 2 is 2.35 bits per heavy atom. The fraction of sp³-hybridized carbons (Fsp3) is 0.500. The first kappa shape index (κ1) is 14.2. The van der Waals surface area contributed by atoms with E-state index in [1.54, 1.807) is 7.05 Å². The van der Waals surface area contributed by atoms with E-state index in [0.29, 0.717) is 13.0 Å². The Kier molecular flexibility index (Phi) is 3.84. The highest BCUT2D eigenvalue weighted by molar-refractivity contribution is 5.98. The highest BCUT2D eigenvalue weighted by Gasteiger charge is 2.33. The molecule has 2 heterocycles. The minimum atomic E-state index is -0.637. The predicted octanol–water partition coefficient (Wildman–Crippen LogP) is 0.821. The van der Waals surface area contributed by atoms with Gasteiger partial charge in [0.05, 0.1) is 17.1 Å². The van der Waals surface area contributed by atoms with Gasteiger partial charge in [0.25, 0.3) is 11.6 Å². The van der Waals surface area contributed by atoms with Crippen molar-refractivity contribution in [3.63, 3.8) is 0 Å². The van der Waals surface area contributed by atoms with Gasteiger partial charge < -0.3 is 15.4 Å². The molecule has 1 saturated heterocycles. The summed E-state index contributed by atoms with van der Waals surface area (Å²) in [6.07, 6.45) is 1.62. The lowest BCUT2D eigenvalue weighted by atomic mass is 10.1. The number of nitrogens with zero attached hydrogens (tertiary/aromatic N) is 3. The van der Waals surface area contributed by atoms with E-state index in [9.17, 15) is 14.9 Å². The molecule has 0 aromatic carbocycles. The van der Waals surface area contributed by atoms with Gasteiger partial charge in [-0.2, -0.15) is 0 Å². The molecular weight excluding hydrogens is 264 g/mol. The van der Waals surface area contributed by atoms with Gasteiger partial charge in [0.15, 0.2) is 0 Å². The Morgan fingerprint density at radius 3 is 2.90 bits per heavy atom. The zero-order valence-electron chi connectivity index (χ0n) is 11.3. The molecule has 20 heavy (non-hydrogen) atoms. The molecule has 1 fully saturated rings. The van der Waals surface area contributed by atoms with Crippen molar-refractivity contribution in [3.8, 4) is 0 Å². The molecule has 8 nitrogen and oxygen atoms in total. The summed E-state index contributed by atoms with van der Waals surface area (Å²) >= 11 is 0. The molecule has 0 bridgehead atoms. The van der Waals surface area contributed by atoms with Gasteiger partial charge in [-0.05, 0) is 19.4 Å². The second kappa shape index (κ2) is 5.41. The molecule has 0 aliphatic carbocycles. The lowest BCUT2D eigenvalue weighted by Gasteiger charge is -2.26. The van der Waals surface area contributed by atoms with Crippen LogP contribution in [-0.2, 0) is 4.74 Å². The number of nitro groups is 1. The highest BCUT2D eigenvalue weighted by atomic mass is 16.6. The van der Waals surface area contributed by atoms with Crippen LogP contribution in [0.25, 0.3) is 0 Å². The Bertz CT molecular complexity index is 548. The van der Waals surface area contributed by atoms with E-state index in [-0.39, 0.29) is 29.2 Å². The lowest BCUT2D eigenvalue weighted by molar-refractivity contribution is -0.385. The van der Waals surface area contributed by atoms with Crippen LogP contribution in [0.1, 0.15) is 23.7 Å². The average Bonchev–Trinajstić information content (AvgIpc) is 2.82. The van der Waals surface area contributed by atoms with Gasteiger partial charge in [-0.3, -0.25) is 14.9 Å². The van der Waals surface area contributed by atoms with Crippen molar-refractivity contribution in [2.75, 3.05) is 19.4 Å². The molecule has 2 N–H and O–H groups in total. The molecule has 2 atom stereocenters. The molecule has 1 aromatic rings. The third kappa shape index (κ3) is 2.55. The molecule has 0 radical (unpaired) electrons. The predicted molar refractivity (Wildman–Crippen MR) is 71.2 cm³/mol. The number of carbonyl (C=O) groups excluding carboxylic acids is 1. The number of anilines is 1. The van der Waals surface area contributed by atoms with E-state index in [0.717, 1.165) is 6.20 Å². The van der Waals surface area contributed by atoms with Gasteiger partial charge in [-0.25, -0.2) is 4.98 Å². The number of ether oxygens (including phenoxy) is 1. The van der Waals surface area contributed by atoms with E-state index in [1.807, 2.05) is 6.92 Å². The van der Waals surface area contributed by atoms with Gasteiger partial charge in [0.2, 0.25) is 0 Å². The first-order chi connectivity index (χ1) is 9.41. The number of pyridine rings is 1. The summed E-state index contributed by atoms with van der Waals surface area (Å²) in [7, 11) is 1.61. The lowest BCUT2D eigenvalue weighted by Crippen LogP contribution is -2.41. The van der Waals surface area contributed by atoms with Gasteiger partial charge in [0, 0.05) is 13.7 Å². The first-order valence-electron chi connectivity index (χ1n) is 6.20. The number of amides is 1. The fourth-order valence-electron chi connectivity index (χ4n) is 2.35. The van der Waals surface area contributed by atoms with Crippen molar-refractivity contribution in [2.24, 2.45) is 0 Å². The molecule has 1 aliphatic rings. The third-order valence-electron chi connectivity index (χ3n) is 3.49. The van der Waals surface area contributed by atoms with Crippen molar-refractivity contribution in [2.45, 2.75) is 25.5 Å². The Hall–Kier alpha value is -2.22. The number of rotatable bonds is 3. The van der Waals surface area contributed by atoms with E-state index in [4.69, 9.17) is 10.5 Å². The van der Waals surface area contributed by atoms with Crippen LogP contribution < -0.4 is 5.73 Å². The number of nitrogen functional groups attached to an aromatic ring is 1. The topological polar surface area (TPSA) is 112 Å². The first-order valence-corrected chi connectivity index (χ1v) is 6.20. The number of nitrogens with two attached hydrogens (primary N) is 1. The standard InChI is InChI=1S/C12H16N4O4/c1-7-9(3-4-20-7)15(2)12(17)8-5-11(13)14-6-10(8)16(18)19/h5-7,9H,3-4H2,1-2H3,(H2,13,14). The van der Waals surface area contributed by atoms with Crippen LogP contribution in [0.2, 0.25) is 0 Å². The molecular formula is C12H16N4O4. The van der Waals surface area contributed by atoms with Gasteiger partial charge in [-0.15, -0.1) is 0 Å². The van der Waals surface area contributed by atoms with Crippen LogP contribution >= 0.6 is 0 Å². The molecule has 1 amide bonds. The Labute approximate surface area is 115 Å². The molecule has 108 valence electrons. The number of hydrogen-bond donors (Lipinski definition) is 1. The van der Waals surface area contributed by atoms with Crippen molar-refractivity contribution in [1.29, 1.82) is 0 Å². The smallest absolute Gasteiger partial charge is 0.300 e. The maximum Gasteiger partial charge on any atom is 0.300 e. The number of likely N-dealkylation sites (N-methyl/N-ethyl adjacent to an activating group) is 1. The number of carbonyl (C=O) groups is 1. The maximum absolute atomic E-state index is 12.4. The van der Waals surface area contributed by atoms with Crippen LogP contribution in [0.4, 0.5) is 11.5 Å². The van der Waals surface area contributed by atoms with Crippen molar-refractivity contribution < 1.29 is 14.5 Å². The van der Waals surface area contributed by atoms with Crippen LogP contribution in [0.3, 0.4) is 0 Å². The maximum atomic E-state index is 12.4. The molecule has 0 spiro atoms. The molecule has 2 unspecified atom stereocenters.